The second-order valence-electron chi connectivity index (χ2n) is 6.47. The second kappa shape index (κ2) is 5.56. The van der Waals surface area contributed by atoms with E-state index >= 15 is 0 Å². The van der Waals surface area contributed by atoms with Crippen molar-refractivity contribution in [2.24, 2.45) is 0 Å². The first-order valence-electron chi connectivity index (χ1n) is 6.99. The Balaban J connectivity index is 2.97. The molecule has 1 amide bonds. The van der Waals surface area contributed by atoms with Crippen LogP contribution in [0.5, 0.6) is 0 Å². The molecule has 5 nitrogen and oxygen atoms in total. The van der Waals surface area contributed by atoms with Gasteiger partial charge in [-0.3, -0.25) is 4.79 Å². The van der Waals surface area contributed by atoms with Gasteiger partial charge in [0.1, 0.15) is 5.76 Å². The van der Waals surface area contributed by atoms with Crippen molar-refractivity contribution in [2.75, 3.05) is 14.1 Å². The first-order chi connectivity index (χ1) is 9.04. The molecule has 0 saturated heterocycles. The molecule has 1 heterocycles. The first-order valence-corrected chi connectivity index (χ1v) is 6.99. The van der Waals surface area contributed by atoms with Gasteiger partial charge in [0.15, 0.2) is 5.69 Å². The summed E-state index contributed by atoms with van der Waals surface area (Å²) in [6, 6.07) is 0. The fourth-order valence-electron chi connectivity index (χ4n) is 1.97. The van der Waals surface area contributed by atoms with Crippen molar-refractivity contribution in [3.63, 3.8) is 0 Å². The van der Waals surface area contributed by atoms with E-state index in [0.29, 0.717) is 5.69 Å². The smallest absolute Gasteiger partial charge is 0.274 e. The monoisotopic (exact) mass is 281 g/mol. The molecule has 1 rings (SSSR count). The Morgan fingerprint density at radius 2 is 1.85 bits per heavy atom. The zero-order valence-electron chi connectivity index (χ0n) is 13.9. The van der Waals surface area contributed by atoms with Crippen LogP contribution in [-0.2, 0) is 6.42 Å². The van der Waals surface area contributed by atoms with Crippen LogP contribution in [0.4, 0.5) is 0 Å². The SMILES string of the molecule is CCc1onc(C(=O)NC(C)(C)C(C)(C)N(C)C)c1C. The molecule has 0 bridgehead atoms. The highest BCUT2D eigenvalue weighted by Crippen LogP contribution is 2.26. The molecule has 0 saturated carbocycles. The maximum atomic E-state index is 12.4. The number of aryl methyl sites for hydroxylation is 1. The van der Waals surface area contributed by atoms with E-state index in [9.17, 15) is 4.79 Å². The van der Waals surface area contributed by atoms with Crippen LogP contribution >= 0.6 is 0 Å². The molecule has 0 aliphatic heterocycles. The van der Waals surface area contributed by atoms with E-state index in [1.54, 1.807) is 0 Å². The molecule has 114 valence electrons. The van der Waals surface area contributed by atoms with Crippen LogP contribution in [0.25, 0.3) is 0 Å². The van der Waals surface area contributed by atoms with E-state index in [-0.39, 0.29) is 11.4 Å². The van der Waals surface area contributed by atoms with E-state index in [0.717, 1.165) is 17.7 Å². The molecule has 0 atom stereocenters. The quantitative estimate of drug-likeness (QED) is 0.900. The average Bonchev–Trinajstić information content (AvgIpc) is 2.69. The molecule has 0 radical (unpaired) electrons. The standard InChI is InChI=1S/C15H27N3O2/c1-9-11-10(2)12(17-20-11)13(19)16-14(3,4)15(5,6)18(7)8/h9H2,1-8H3,(H,16,19). The van der Waals surface area contributed by atoms with Crippen molar-refractivity contribution in [1.82, 2.24) is 15.4 Å². The Morgan fingerprint density at radius 3 is 2.25 bits per heavy atom. The summed E-state index contributed by atoms with van der Waals surface area (Å²) < 4.78 is 5.19. The molecule has 0 fully saturated rings. The number of amides is 1. The highest BCUT2D eigenvalue weighted by Gasteiger charge is 2.40. The van der Waals surface area contributed by atoms with E-state index in [1.165, 1.54) is 0 Å². The Bertz CT molecular complexity index is 487. The molecule has 1 aromatic heterocycles. The highest BCUT2D eigenvalue weighted by molar-refractivity contribution is 5.94. The third-order valence-corrected chi connectivity index (χ3v) is 4.63. The zero-order valence-corrected chi connectivity index (χ0v) is 13.9. The summed E-state index contributed by atoms with van der Waals surface area (Å²) in [7, 11) is 4.01. The molecular weight excluding hydrogens is 254 g/mol. The van der Waals surface area contributed by atoms with Gasteiger partial charge in [0.25, 0.3) is 5.91 Å². The third kappa shape index (κ3) is 2.87. The lowest BCUT2D eigenvalue weighted by atomic mass is 9.81. The van der Waals surface area contributed by atoms with Crippen LogP contribution in [0.1, 0.15) is 56.4 Å². The summed E-state index contributed by atoms with van der Waals surface area (Å²) in [6.45, 7) is 12.1. The molecule has 0 aliphatic carbocycles. The number of carbonyl (C=O) groups excluding carboxylic acids is 1. The van der Waals surface area contributed by atoms with Gasteiger partial charge in [-0.25, -0.2) is 0 Å². The largest absolute Gasteiger partial charge is 0.360 e. The van der Waals surface area contributed by atoms with Crippen molar-refractivity contribution in [3.8, 4) is 0 Å². The first kappa shape index (κ1) is 16.7. The van der Waals surface area contributed by atoms with Crippen LogP contribution in [0.2, 0.25) is 0 Å². The Kier molecular flexibility index (Phi) is 4.64. The fraction of sp³-hybridized carbons (Fsp3) is 0.733. The number of nitrogens with one attached hydrogen (secondary N) is 1. The van der Waals surface area contributed by atoms with Crippen LogP contribution in [0.3, 0.4) is 0 Å². The number of aromatic nitrogens is 1. The summed E-state index contributed by atoms with van der Waals surface area (Å²) >= 11 is 0. The summed E-state index contributed by atoms with van der Waals surface area (Å²) in [5, 5.41) is 6.97. The summed E-state index contributed by atoms with van der Waals surface area (Å²) in [5.41, 5.74) is 0.590. The maximum Gasteiger partial charge on any atom is 0.274 e. The number of hydrogen-bond acceptors (Lipinski definition) is 4. The fourth-order valence-corrected chi connectivity index (χ4v) is 1.97. The topological polar surface area (TPSA) is 58.4 Å². The molecule has 0 spiro atoms. The van der Waals surface area contributed by atoms with E-state index in [1.807, 2.05) is 41.8 Å². The van der Waals surface area contributed by atoms with Gasteiger partial charge in [0, 0.05) is 17.5 Å². The summed E-state index contributed by atoms with van der Waals surface area (Å²) in [5.74, 6) is 0.575. The van der Waals surface area contributed by atoms with Gasteiger partial charge in [0.2, 0.25) is 0 Å². The van der Waals surface area contributed by atoms with Crippen LogP contribution < -0.4 is 5.32 Å². The molecule has 5 heteroatoms. The predicted molar refractivity (Wildman–Crippen MR) is 79.9 cm³/mol. The molecule has 20 heavy (non-hydrogen) atoms. The van der Waals surface area contributed by atoms with Gasteiger partial charge in [-0.15, -0.1) is 0 Å². The Morgan fingerprint density at radius 1 is 1.30 bits per heavy atom. The molecule has 1 aromatic rings. The van der Waals surface area contributed by atoms with E-state index in [4.69, 9.17) is 4.52 Å². The Labute approximate surface area is 121 Å². The molecular formula is C15H27N3O2. The predicted octanol–water partition coefficient (Wildman–Crippen LogP) is 2.39. The van der Waals surface area contributed by atoms with Crippen molar-refractivity contribution in [3.05, 3.63) is 17.0 Å². The van der Waals surface area contributed by atoms with Crippen LogP contribution in [-0.4, -0.2) is 41.1 Å². The van der Waals surface area contributed by atoms with Crippen LogP contribution in [0.15, 0.2) is 4.52 Å². The highest BCUT2D eigenvalue weighted by atomic mass is 16.5. The van der Waals surface area contributed by atoms with Crippen molar-refractivity contribution < 1.29 is 9.32 Å². The minimum absolute atomic E-state index is 0.189. The lowest BCUT2D eigenvalue weighted by Gasteiger charge is -2.46. The number of rotatable bonds is 5. The lowest BCUT2D eigenvalue weighted by Crippen LogP contribution is -2.63. The van der Waals surface area contributed by atoms with Gasteiger partial charge >= 0.3 is 0 Å². The van der Waals surface area contributed by atoms with Gasteiger partial charge < -0.3 is 14.7 Å². The number of likely N-dealkylation sites (N-methyl/N-ethyl adjacent to an activating group) is 1. The minimum Gasteiger partial charge on any atom is -0.360 e. The minimum atomic E-state index is -0.411. The van der Waals surface area contributed by atoms with Crippen molar-refractivity contribution in [2.45, 2.75) is 59.0 Å². The molecule has 1 N–H and O–H groups in total. The normalized spacial score (nSPS) is 12.8. The number of hydrogen-bond donors (Lipinski definition) is 1. The molecule has 0 aromatic carbocycles. The van der Waals surface area contributed by atoms with E-state index in [2.05, 4.69) is 29.2 Å². The van der Waals surface area contributed by atoms with Gasteiger partial charge in [-0.2, -0.15) is 0 Å². The maximum absolute atomic E-state index is 12.4. The summed E-state index contributed by atoms with van der Waals surface area (Å²) in [6.07, 6.45) is 0.735. The number of carbonyl (C=O) groups is 1. The third-order valence-electron chi connectivity index (χ3n) is 4.63. The van der Waals surface area contributed by atoms with Gasteiger partial charge in [-0.05, 0) is 48.7 Å². The van der Waals surface area contributed by atoms with Gasteiger partial charge in [0.05, 0.1) is 5.54 Å². The van der Waals surface area contributed by atoms with E-state index < -0.39 is 5.54 Å². The second-order valence-corrected chi connectivity index (χ2v) is 6.47. The zero-order chi connectivity index (χ0) is 15.7. The number of nitrogens with zero attached hydrogens (tertiary/aromatic N) is 2. The lowest BCUT2D eigenvalue weighted by molar-refractivity contribution is 0.0642. The van der Waals surface area contributed by atoms with Crippen molar-refractivity contribution >= 4 is 5.91 Å². The summed E-state index contributed by atoms with van der Waals surface area (Å²) in [4.78, 5) is 14.5. The molecule has 0 unspecified atom stereocenters. The van der Waals surface area contributed by atoms with Crippen molar-refractivity contribution in [1.29, 1.82) is 0 Å². The average molecular weight is 281 g/mol. The molecule has 0 aliphatic rings. The van der Waals surface area contributed by atoms with Crippen LogP contribution in [0, 0.1) is 6.92 Å². The Hall–Kier alpha value is -1.36. The van der Waals surface area contributed by atoms with Gasteiger partial charge in [-0.1, -0.05) is 12.1 Å².